The molecule has 6 atom stereocenters. The number of hydrogen-bond donors (Lipinski definition) is 0. The minimum atomic E-state index is 0.638. The predicted molar refractivity (Wildman–Crippen MR) is 38.2 cm³/mol. The van der Waals surface area contributed by atoms with Crippen LogP contribution in [0.4, 0.5) is 0 Å². The average molecular weight is 152 g/mol. The van der Waals surface area contributed by atoms with Crippen LogP contribution in [0.2, 0.25) is 0 Å². The van der Waals surface area contributed by atoms with E-state index in [1.807, 2.05) is 0 Å². The topological polar surface area (TPSA) is 25.1 Å². The lowest BCUT2D eigenvalue weighted by Crippen LogP contribution is -2.24. The van der Waals surface area contributed by atoms with Gasteiger partial charge in [0.15, 0.2) is 0 Å². The van der Waals surface area contributed by atoms with Gasteiger partial charge in [-0.1, -0.05) is 0 Å². The average Bonchev–Trinajstić information content (AvgIpc) is 2.84. The van der Waals surface area contributed by atoms with Gasteiger partial charge in [-0.2, -0.15) is 0 Å². The highest BCUT2D eigenvalue weighted by Crippen LogP contribution is 2.56. The first kappa shape index (κ1) is 5.55. The van der Waals surface area contributed by atoms with E-state index in [9.17, 15) is 0 Å². The Bertz CT molecular complexity index is 216. The second-order valence-electron chi connectivity index (χ2n) is 4.48. The summed E-state index contributed by atoms with van der Waals surface area (Å²) >= 11 is 0. The molecule has 4 fully saturated rings. The SMILES string of the molecule is C1[C@H]2C[C@H]3O[C@H]3[C@@H]2C[C@@H]2O[C@@H]12. The third-order valence-corrected chi connectivity index (χ3v) is 3.91. The van der Waals surface area contributed by atoms with Gasteiger partial charge in [0.05, 0.1) is 24.4 Å². The molecule has 0 aromatic rings. The van der Waals surface area contributed by atoms with E-state index in [0.717, 1.165) is 11.8 Å². The molecule has 2 saturated carbocycles. The summed E-state index contributed by atoms with van der Waals surface area (Å²) in [7, 11) is 0. The summed E-state index contributed by atoms with van der Waals surface area (Å²) in [5.74, 6) is 1.84. The molecule has 11 heavy (non-hydrogen) atoms. The summed E-state index contributed by atoms with van der Waals surface area (Å²) in [6.07, 6.45) is 6.60. The number of epoxide rings is 2. The van der Waals surface area contributed by atoms with Crippen LogP contribution < -0.4 is 0 Å². The minimum absolute atomic E-state index is 0.638. The first-order valence-corrected chi connectivity index (χ1v) is 4.73. The van der Waals surface area contributed by atoms with Crippen molar-refractivity contribution in [1.29, 1.82) is 0 Å². The van der Waals surface area contributed by atoms with E-state index >= 15 is 0 Å². The smallest absolute Gasteiger partial charge is 0.0873 e. The van der Waals surface area contributed by atoms with Gasteiger partial charge in [0, 0.05) is 0 Å². The molecule has 0 N–H and O–H groups in total. The molecule has 4 aliphatic rings. The first-order chi connectivity index (χ1) is 5.42. The molecule has 2 aliphatic heterocycles. The van der Waals surface area contributed by atoms with Crippen molar-refractivity contribution in [3.63, 3.8) is 0 Å². The first-order valence-electron chi connectivity index (χ1n) is 4.73. The third-order valence-electron chi connectivity index (χ3n) is 3.91. The van der Waals surface area contributed by atoms with E-state index in [1.54, 1.807) is 0 Å². The van der Waals surface area contributed by atoms with Crippen molar-refractivity contribution in [3.8, 4) is 0 Å². The Morgan fingerprint density at radius 1 is 0.818 bits per heavy atom. The quantitative estimate of drug-likeness (QED) is 0.483. The third kappa shape index (κ3) is 0.611. The van der Waals surface area contributed by atoms with Gasteiger partial charge in [-0.05, 0) is 31.1 Å². The molecule has 0 unspecified atom stereocenters. The summed E-state index contributed by atoms with van der Waals surface area (Å²) in [6, 6.07) is 0. The largest absolute Gasteiger partial charge is 0.370 e. The van der Waals surface area contributed by atoms with Crippen LogP contribution >= 0.6 is 0 Å². The molecule has 0 aromatic carbocycles. The standard InChI is InChI=1S/C9H12O2/c1-4-2-8-9(11-8)5(4)3-7-6(1)10-7/h4-9H,1-3H2/t4-,5+,6-,7-,8+,9-/m0/s1. The normalized spacial score (nSPS) is 69.8. The Labute approximate surface area is 65.9 Å². The molecule has 0 radical (unpaired) electrons. The van der Waals surface area contributed by atoms with Crippen LogP contribution in [0.3, 0.4) is 0 Å². The van der Waals surface area contributed by atoms with Crippen LogP contribution in [0.15, 0.2) is 0 Å². The summed E-state index contributed by atoms with van der Waals surface area (Å²) < 4.78 is 11.1. The molecule has 2 heteroatoms. The molecule has 2 saturated heterocycles. The Morgan fingerprint density at radius 3 is 2.64 bits per heavy atom. The highest BCUT2D eigenvalue weighted by atomic mass is 16.6. The Balaban J connectivity index is 1.65. The molecule has 0 aromatic heterocycles. The molecule has 2 nitrogen and oxygen atoms in total. The highest BCUT2D eigenvalue weighted by molar-refractivity contribution is 5.09. The fourth-order valence-corrected chi connectivity index (χ4v) is 3.22. The van der Waals surface area contributed by atoms with E-state index in [4.69, 9.17) is 9.47 Å². The van der Waals surface area contributed by atoms with Crippen molar-refractivity contribution in [3.05, 3.63) is 0 Å². The Kier molecular flexibility index (Phi) is 0.758. The monoisotopic (exact) mass is 152 g/mol. The lowest BCUT2D eigenvalue weighted by Gasteiger charge is -2.23. The van der Waals surface area contributed by atoms with Crippen molar-refractivity contribution in [2.75, 3.05) is 0 Å². The molecule has 2 heterocycles. The van der Waals surface area contributed by atoms with E-state index in [-0.39, 0.29) is 0 Å². The summed E-state index contributed by atoms with van der Waals surface area (Å²) in [6.45, 7) is 0. The van der Waals surface area contributed by atoms with Crippen LogP contribution in [0.5, 0.6) is 0 Å². The predicted octanol–water partition coefficient (Wildman–Crippen LogP) is 0.951. The van der Waals surface area contributed by atoms with Crippen LogP contribution in [0.25, 0.3) is 0 Å². The maximum Gasteiger partial charge on any atom is 0.0873 e. The van der Waals surface area contributed by atoms with Crippen LogP contribution in [0.1, 0.15) is 19.3 Å². The van der Waals surface area contributed by atoms with Gasteiger partial charge in [-0.25, -0.2) is 0 Å². The van der Waals surface area contributed by atoms with Crippen LogP contribution in [-0.4, -0.2) is 24.4 Å². The van der Waals surface area contributed by atoms with E-state index in [0.29, 0.717) is 24.4 Å². The number of rotatable bonds is 0. The van der Waals surface area contributed by atoms with E-state index in [2.05, 4.69) is 0 Å². The highest BCUT2D eigenvalue weighted by Gasteiger charge is 2.61. The summed E-state index contributed by atoms with van der Waals surface area (Å²) in [4.78, 5) is 0. The van der Waals surface area contributed by atoms with E-state index in [1.165, 1.54) is 19.3 Å². The molecule has 60 valence electrons. The van der Waals surface area contributed by atoms with Gasteiger partial charge in [-0.15, -0.1) is 0 Å². The maximum atomic E-state index is 5.53. The fraction of sp³-hybridized carbons (Fsp3) is 1.00. The molecule has 0 amide bonds. The molecular formula is C9H12O2. The minimum Gasteiger partial charge on any atom is -0.370 e. The van der Waals surface area contributed by atoms with Crippen molar-refractivity contribution in [2.45, 2.75) is 43.7 Å². The second-order valence-corrected chi connectivity index (χ2v) is 4.48. The molecule has 0 bridgehead atoms. The number of hydrogen-bond acceptors (Lipinski definition) is 2. The van der Waals surface area contributed by atoms with Gasteiger partial charge in [-0.3, -0.25) is 0 Å². The Hall–Kier alpha value is -0.0800. The lowest BCUT2D eigenvalue weighted by atomic mass is 9.81. The lowest BCUT2D eigenvalue weighted by molar-refractivity contribution is 0.171. The van der Waals surface area contributed by atoms with Crippen molar-refractivity contribution < 1.29 is 9.47 Å². The van der Waals surface area contributed by atoms with Gasteiger partial charge >= 0.3 is 0 Å². The molecule has 0 spiro atoms. The van der Waals surface area contributed by atoms with Crippen LogP contribution in [-0.2, 0) is 9.47 Å². The fourth-order valence-electron chi connectivity index (χ4n) is 3.22. The number of ether oxygens (including phenoxy) is 2. The second kappa shape index (κ2) is 1.50. The summed E-state index contributed by atoms with van der Waals surface area (Å²) in [5.41, 5.74) is 0. The van der Waals surface area contributed by atoms with Gasteiger partial charge < -0.3 is 9.47 Å². The Morgan fingerprint density at radius 2 is 1.64 bits per heavy atom. The van der Waals surface area contributed by atoms with E-state index < -0.39 is 0 Å². The van der Waals surface area contributed by atoms with Crippen molar-refractivity contribution >= 4 is 0 Å². The molecular weight excluding hydrogens is 140 g/mol. The van der Waals surface area contributed by atoms with Crippen LogP contribution in [0, 0.1) is 11.8 Å². The van der Waals surface area contributed by atoms with Gasteiger partial charge in [0.1, 0.15) is 0 Å². The van der Waals surface area contributed by atoms with Gasteiger partial charge in [0.2, 0.25) is 0 Å². The zero-order valence-electron chi connectivity index (χ0n) is 6.40. The zero-order valence-corrected chi connectivity index (χ0v) is 6.40. The van der Waals surface area contributed by atoms with Gasteiger partial charge in [0.25, 0.3) is 0 Å². The maximum absolute atomic E-state index is 5.53. The zero-order chi connectivity index (χ0) is 7.00. The number of fused-ring (bicyclic) bond motifs is 4. The summed E-state index contributed by atoms with van der Waals surface area (Å²) in [5, 5.41) is 0. The molecule has 4 rings (SSSR count). The van der Waals surface area contributed by atoms with Crippen molar-refractivity contribution in [2.24, 2.45) is 11.8 Å². The molecule has 2 aliphatic carbocycles. The van der Waals surface area contributed by atoms with Crippen molar-refractivity contribution in [1.82, 2.24) is 0 Å².